The number of nitrogens with one attached hydrogen (secondary N) is 1. The molecule has 0 aromatic carbocycles. The molecular weight excluding hydrogens is 310 g/mol. The highest BCUT2D eigenvalue weighted by Crippen LogP contribution is 2.36. The molecule has 0 bridgehead atoms. The van der Waals surface area contributed by atoms with E-state index in [2.05, 4.69) is 26.6 Å². The number of hydrogen-bond donors (Lipinski definition) is 1. The molecule has 5 heteroatoms. The molecule has 0 saturated heterocycles. The van der Waals surface area contributed by atoms with E-state index < -0.39 is 0 Å². The maximum Gasteiger partial charge on any atom is 0.169 e. The van der Waals surface area contributed by atoms with Crippen molar-refractivity contribution >= 4 is 38.9 Å². The van der Waals surface area contributed by atoms with Crippen molar-refractivity contribution in [2.45, 2.75) is 13.0 Å². The van der Waals surface area contributed by atoms with Gasteiger partial charge in [0.25, 0.3) is 0 Å². The Balaban J connectivity index is 2.40. The van der Waals surface area contributed by atoms with Crippen LogP contribution in [0.25, 0.3) is 0 Å². The predicted molar refractivity (Wildman–Crippen MR) is 71.4 cm³/mol. The van der Waals surface area contributed by atoms with Gasteiger partial charge in [-0.1, -0.05) is 11.6 Å². The first-order chi connectivity index (χ1) is 7.63. The molecular formula is C11H11BrClNOS. The number of hydrogen-bond acceptors (Lipinski definition) is 3. The zero-order valence-electron chi connectivity index (χ0n) is 8.88. The third-order valence-corrected chi connectivity index (χ3v) is 4.56. The first kappa shape index (κ1) is 12.2. The third-order valence-electron chi connectivity index (χ3n) is 2.35. The Morgan fingerprint density at radius 3 is 2.69 bits per heavy atom. The van der Waals surface area contributed by atoms with Gasteiger partial charge in [-0.05, 0) is 53.0 Å². The van der Waals surface area contributed by atoms with Crippen molar-refractivity contribution in [3.8, 4) is 0 Å². The van der Waals surface area contributed by atoms with Crippen LogP contribution in [0.4, 0.5) is 0 Å². The molecule has 86 valence electrons. The summed E-state index contributed by atoms with van der Waals surface area (Å²) in [5.74, 6) is 0.859. The van der Waals surface area contributed by atoms with E-state index in [-0.39, 0.29) is 6.04 Å². The fourth-order valence-electron chi connectivity index (χ4n) is 1.53. The molecule has 2 heterocycles. The van der Waals surface area contributed by atoms with Crippen LogP contribution in [0.15, 0.2) is 26.6 Å². The minimum Gasteiger partial charge on any atom is -0.452 e. The molecule has 0 aliphatic heterocycles. The standard InChI is InChI=1S/C11H11BrClNOS/c1-6-5-16-11(9(6)13)10(14-2)7-3-4-8(12)15-7/h3-5,10,14H,1-2H3. The zero-order chi connectivity index (χ0) is 11.7. The Labute approximate surface area is 112 Å². The van der Waals surface area contributed by atoms with E-state index in [9.17, 15) is 0 Å². The first-order valence-electron chi connectivity index (χ1n) is 4.79. The van der Waals surface area contributed by atoms with Crippen molar-refractivity contribution in [1.29, 1.82) is 0 Å². The monoisotopic (exact) mass is 319 g/mol. The highest BCUT2D eigenvalue weighted by atomic mass is 79.9. The molecule has 0 aliphatic carbocycles. The molecule has 0 aliphatic rings. The lowest BCUT2D eigenvalue weighted by Crippen LogP contribution is -2.16. The van der Waals surface area contributed by atoms with Crippen LogP contribution >= 0.6 is 38.9 Å². The Morgan fingerprint density at radius 2 is 2.25 bits per heavy atom. The summed E-state index contributed by atoms with van der Waals surface area (Å²) in [5.41, 5.74) is 1.10. The zero-order valence-corrected chi connectivity index (χ0v) is 12.0. The molecule has 0 spiro atoms. The summed E-state index contributed by atoms with van der Waals surface area (Å²) in [4.78, 5) is 1.09. The van der Waals surface area contributed by atoms with Crippen molar-refractivity contribution in [1.82, 2.24) is 5.32 Å². The molecule has 0 fully saturated rings. The van der Waals surface area contributed by atoms with Gasteiger partial charge in [-0.2, -0.15) is 0 Å². The minimum absolute atomic E-state index is 0.0116. The van der Waals surface area contributed by atoms with Crippen LogP contribution in [0.5, 0.6) is 0 Å². The molecule has 2 aromatic rings. The molecule has 1 atom stereocenters. The van der Waals surface area contributed by atoms with Gasteiger partial charge in [0.1, 0.15) is 11.8 Å². The van der Waals surface area contributed by atoms with E-state index in [0.717, 1.165) is 25.9 Å². The Kier molecular flexibility index (Phi) is 3.74. The summed E-state index contributed by atoms with van der Waals surface area (Å²) < 4.78 is 6.29. The quantitative estimate of drug-likeness (QED) is 0.908. The van der Waals surface area contributed by atoms with Crippen LogP contribution in [0.1, 0.15) is 22.2 Å². The van der Waals surface area contributed by atoms with Crippen LogP contribution in [-0.2, 0) is 0 Å². The highest BCUT2D eigenvalue weighted by Gasteiger charge is 2.21. The second-order valence-corrected chi connectivity index (χ2v) is 5.53. The van der Waals surface area contributed by atoms with Crippen LogP contribution in [0, 0.1) is 6.92 Å². The minimum atomic E-state index is 0.0116. The molecule has 0 radical (unpaired) electrons. The van der Waals surface area contributed by atoms with E-state index in [1.807, 2.05) is 26.1 Å². The summed E-state index contributed by atoms with van der Waals surface area (Å²) in [6.07, 6.45) is 0. The number of thiophene rings is 1. The van der Waals surface area contributed by atoms with Gasteiger partial charge in [-0.15, -0.1) is 11.3 Å². The normalized spacial score (nSPS) is 13.0. The van der Waals surface area contributed by atoms with Gasteiger partial charge in [-0.3, -0.25) is 0 Å². The van der Waals surface area contributed by atoms with E-state index >= 15 is 0 Å². The van der Waals surface area contributed by atoms with E-state index in [4.69, 9.17) is 16.0 Å². The lowest BCUT2D eigenvalue weighted by molar-refractivity contribution is 0.449. The van der Waals surface area contributed by atoms with Crippen molar-refractivity contribution in [2.75, 3.05) is 7.05 Å². The second kappa shape index (κ2) is 4.92. The van der Waals surface area contributed by atoms with Gasteiger partial charge >= 0.3 is 0 Å². The molecule has 1 unspecified atom stereocenters. The Bertz CT molecular complexity index is 494. The maximum absolute atomic E-state index is 6.26. The van der Waals surface area contributed by atoms with Crippen molar-refractivity contribution in [2.24, 2.45) is 0 Å². The Hall–Kier alpha value is -0.290. The number of aryl methyl sites for hydroxylation is 1. The summed E-state index contributed by atoms with van der Waals surface area (Å²) >= 11 is 11.2. The van der Waals surface area contributed by atoms with Crippen molar-refractivity contribution in [3.05, 3.63) is 43.4 Å². The number of furan rings is 1. The fourth-order valence-corrected chi connectivity index (χ4v) is 3.27. The summed E-state index contributed by atoms with van der Waals surface area (Å²) in [7, 11) is 1.90. The van der Waals surface area contributed by atoms with Crippen molar-refractivity contribution < 1.29 is 4.42 Å². The summed E-state index contributed by atoms with van der Waals surface area (Å²) in [6, 6.07) is 3.84. The van der Waals surface area contributed by atoms with Gasteiger partial charge < -0.3 is 9.73 Å². The fraction of sp³-hybridized carbons (Fsp3) is 0.273. The van der Waals surface area contributed by atoms with Crippen LogP contribution in [0.2, 0.25) is 5.02 Å². The summed E-state index contributed by atoms with van der Waals surface area (Å²) in [6.45, 7) is 2.01. The Morgan fingerprint density at radius 1 is 1.50 bits per heavy atom. The van der Waals surface area contributed by atoms with Gasteiger partial charge in [0.05, 0.1) is 5.02 Å². The topological polar surface area (TPSA) is 25.2 Å². The smallest absolute Gasteiger partial charge is 0.169 e. The molecule has 1 N–H and O–H groups in total. The molecule has 16 heavy (non-hydrogen) atoms. The largest absolute Gasteiger partial charge is 0.452 e. The highest BCUT2D eigenvalue weighted by molar-refractivity contribution is 9.10. The van der Waals surface area contributed by atoms with Gasteiger partial charge in [0.2, 0.25) is 0 Å². The van der Waals surface area contributed by atoms with Gasteiger partial charge in [0.15, 0.2) is 4.67 Å². The number of rotatable bonds is 3. The summed E-state index contributed by atoms with van der Waals surface area (Å²) in [5, 5.41) is 6.09. The van der Waals surface area contributed by atoms with Crippen LogP contribution in [-0.4, -0.2) is 7.05 Å². The average Bonchev–Trinajstić information content (AvgIpc) is 2.81. The predicted octanol–water partition coefficient (Wildman–Crippen LogP) is 4.37. The van der Waals surface area contributed by atoms with Crippen LogP contribution in [0.3, 0.4) is 0 Å². The van der Waals surface area contributed by atoms with Gasteiger partial charge in [-0.25, -0.2) is 0 Å². The maximum atomic E-state index is 6.26. The van der Waals surface area contributed by atoms with E-state index in [1.54, 1.807) is 11.3 Å². The average molecular weight is 321 g/mol. The second-order valence-electron chi connectivity index (χ2n) is 3.46. The SMILES string of the molecule is CNC(c1ccc(Br)o1)c1scc(C)c1Cl. The van der Waals surface area contributed by atoms with Crippen molar-refractivity contribution in [3.63, 3.8) is 0 Å². The van der Waals surface area contributed by atoms with Gasteiger partial charge in [0, 0.05) is 4.88 Å². The molecule has 2 nitrogen and oxygen atoms in total. The van der Waals surface area contributed by atoms with E-state index in [0.29, 0.717) is 0 Å². The molecule has 0 saturated carbocycles. The lowest BCUT2D eigenvalue weighted by Gasteiger charge is -2.12. The molecule has 2 rings (SSSR count). The third kappa shape index (κ3) is 2.20. The lowest BCUT2D eigenvalue weighted by atomic mass is 10.1. The first-order valence-corrected chi connectivity index (χ1v) is 6.84. The van der Waals surface area contributed by atoms with Crippen LogP contribution < -0.4 is 5.32 Å². The molecule has 2 aromatic heterocycles. The molecule has 0 amide bonds. The number of halogens is 2. The van der Waals surface area contributed by atoms with E-state index in [1.165, 1.54) is 0 Å².